The number of nitrogens with one attached hydrogen (secondary N) is 1. The molecule has 0 spiro atoms. The highest BCUT2D eigenvalue weighted by molar-refractivity contribution is 5.85. The maximum Gasteiger partial charge on any atom is 0.223 e. The van der Waals surface area contributed by atoms with Crippen molar-refractivity contribution >= 4 is 18.4 Å². The highest BCUT2D eigenvalue weighted by Crippen LogP contribution is 2.31. The van der Waals surface area contributed by atoms with Crippen molar-refractivity contribution in [1.29, 1.82) is 0 Å². The van der Waals surface area contributed by atoms with Gasteiger partial charge in [0.05, 0.1) is 5.69 Å². The van der Waals surface area contributed by atoms with Crippen LogP contribution in [-0.2, 0) is 13.0 Å². The summed E-state index contributed by atoms with van der Waals surface area (Å²) in [4.78, 5) is 13.5. The lowest BCUT2D eigenvalue weighted by Gasteiger charge is -2.15. The number of benzene rings is 2. The molecule has 2 heterocycles. The summed E-state index contributed by atoms with van der Waals surface area (Å²) in [6.45, 7) is 1.06. The number of nitrogens with two attached hydrogens (primary N) is 2. The topological polar surface area (TPSA) is 103 Å². The van der Waals surface area contributed by atoms with Crippen LogP contribution in [0.3, 0.4) is 0 Å². The molecule has 0 aliphatic carbocycles. The molecular formula is C25H27ClN6. The summed E-state index contributed by atoms with van der Waals surface area (Å²) in [6, 6.07) is 22.2. The molecule has 0 amide bonds. The number of pyridine rings is 1. The third-order valence-corrected chi connectivity index (χ3v) is 5.08. The summed E-state index contributed by atoms with van der Waals surface area (Å²) < 4.78 is 0. The van der Waals surface area contributed by atoms with Crippen molar-refractivity contribution in [3.8, 4) is 22.4 Å². The molecule has 0 unspecified atom stereocenters. The zero-order valence-electron chi connectivity index (χ0n) is 17.7. The van der Waals surface area contributed by atoms with E-state index in [2.05, 4.69) is 33.5 Å². The molecule has 32 heavy (non-hydrogen) atoms. The maximum absolute atomic E-state index is 6.32. The van der Waals surface area contributed by atoms with Crippen LogP contribution in [0.5, 0.6) is 0 Å². The summed E-state index contributed by atoms with van der Waals surface area (Å²) in [5, 5.41) is 3.29. The van der Waals surface area contributed by atoms with Gasteiger partial charge in [-0.25, -0.2) is 9.97 Å². The van der Waals surface area contributed by atoms with Crippen molar-refractivity contribution in [1.82, 2.24) is 15.0 Å². The van der Waals surface area contributed by atoms with Gasteiger partial charge in [0.2, 0.25) is 5.95 Å². The van der Waals surface area contributed by atoms with Crippen LogP contribution in [0, 0.1) is 0 Å². The van der Waals surface area contributed by atoms with Crippen LogP contribution in [0.15, 0.2) is 85.3 Å². The normalized spacial score (nSPS) is 11.4. The van der Waals surface area contributed by atoms with Crippen LogP contribution in [0.25, 0.3) is 22.4 Å². The van der Waals surface area contributed by atoms with Crippen molar-refractivity contribution in [2.24, 2.45) is 11.5 Å². The van der Waals surface area contributed by atoms with Gasteiger partial charge in [0.25, 0.3) is 0 Å². The maximum atomic E-state index is 6.32. The largest absolute Gasteiger partial charge is 0.353 e. The van der Waals surface area contributed by atoms with E-state index in [1.807, 2.05) is 54.7 Å². The fourth-order valence-electron chi connectivity index (χ4n) is 3.49. The van der Waals surface area contributed by atoms with Crippen LogP contribution in [0.4, 0.5) is 5.95 Å². The fourth-order valence-corrected chi connectivity index (χ4v) is 3.49. The smallest absolute Gasteiger partial charge is 0.223 e. The van der Waals surface area contributed by atoms with E-state index in [9.17, 15) is 0 Å². The molecule has 0 aliphatic heterocycles. The van der Waals surface area contributed by atoms with E-state index in [1.165, 1.54) is 5.56 Å². The van der Waals surface area contributed by atoms with Crippen LogP contribution >= 0.6 is 12.4 Å². The van der Waals surface area contributed by atoms with E-state index in [4.69, 9.17) is 16.5 Å². The zero-order chi connectivity index (χ0) is 21.5. The Morgan fingerprint density at radius 1 is 0.875 bits per heavy atom. The first-order valence-electron chi connectivity index (χ1n) is 10.3. The SMILES string of the molecule is Cl.NCc1cccc(-c2cnc(NC[C@@H](N)Cc3ccccc3)nc2-c2ccncc2)c1. The summed E-state index contributed by atoms with van der Waals surface area (Å²) >= 11 is 0. The average molecular weight is 447 g/mol. The molecule has 0 fully saturated rings. The second-order valence-corrected chi connectivity index (χ2v) is 7.43. The molecule has 5 N–H and O–H groups in total. The Morgan fingerprint density at radius 2 is 1.62 bits per heavy atom. The Kier molecular flexibility index (Phi) is 8.27. The molecule has 1 atom stereocenters. The predicted molar refractivity (Wildman–Crippen MR) is 132 cm³/mol. The molecule has 0 saturated carbocycles. The number of aromatic nitrogens is 3. The van der Waals surface area contributed by atoms with Crippen molar-refractivity contribution in [3.63, 3.8) is 0 Å². The van der Waals surface area contributed by atoms with Gasteiger partial charge >= 0.3 is 0 Å². The van der Waals surface area contributed by atoms with Gasteiger partial charge in [-0.2, -0.15) is 0 Å². The third-order valence-electron chi connectivity index (χ3n) is 5.08. The quantitative estimate of drug-likeness (QED) is 0.377. The summed E-state index contributed by atoms with van der Waals surface area (Å²) in [7, 11) is 0. The van der Waals surface area contributed by atoms with E-state index < -0.39 is 0 Å². The van der Waals surface area contributed by atoms with Gasteiger partial charge in [0.1, 0.15) is 0 Å². The van der Waals surface area contributed by atoms with E-state index in [0.29, 0.717) is 19.0 Å². The fraction of sp³-hybridized carbons (Fsp3) is 0.160. The zero-order valence-corrected chi connectivity index (χ0v) is 18.5. The molecule has 7 heteroatoms. The number of hydrogen-bond donors (Lipinski definition) is 3. The van der Waals surface area contributed by atoms with Crippen LogP contribution in [0.2, 0.25) is 0 Å². The molecule has 164 valence electrons. The highest BCUT2D eigenvalue weighted by Gasteiger charge is 2.13. The van der Waals surface area contributed by atoms with E-state index in [1.54, 1.807) is 12.4 Å². The lowest BCUT2D eigenvalue weighted by atomic mass is 10.00. The van der Waals surface area contributed by atoms with Crippen LogP contribution < -0.4 is 16.8 Å². The third kappa shape index (κ3) is 5.88. The molecule has 0 saturated heterocycles. The molecule has 0 bridgehead atoms. The number of rotatable bonds is 8. The highest BCUT2D eigenvalue weighted by atomic mass is 35.5. The number of hydrogen-bond acceptors (Lipinski definition) is 6. The minimum atomic E-state index is -0.0451. The lowest BCUT2D eigenvalue weighted by Crippen LogP contribution is -2.31. The summed E-state index contributed by atoms with van der Waals surface area (Å²) in [5.74, 6) is 0.550. The second kappa shape index (κ2) is 11.3. The minimum absolute atomic E-state index is 0. The van der Waals surface area contributed by atoms with Gasteiger partial charge in [-0.15, -0.1) is 12.4 Å². The van der Waals surface area contributed by atoms with E-state index >= 15 is 0 Å². The molecule has 0 radical (unpaired) electrons. The van der Waals surface area contributed by atoms with E-state index in [0.717, 1.165) is 34.4 Å². The lowest BCUT2D eigenvalue weighted by molar-refractivity contribution is 0.696. The summed E-state index contributed by atoms with van der Waals surface area (Å²) in [6.07, 6.45) is 6.17. The van der Waals surface area contributed by atoms with Gasteiger partial charge in [-0.3, -0.25) is 4.98 Å². The first-order valence-corrected chi connectivity index (χ1v) is 10.3. The molecule has 2 aromatic carbocycles. The number of halogens is 1. The molecule has 4 aromatic rings. The molecule has 4 rings (SSSR count). The first-order chi connectivity index (χ1) is 15.2. The van der Waals surface area contributed by atoms with Crippen LogP contribution in [0.1, 0.15) is 11.1 Å². The van der Waals surface area contributed by atoms with Crippen molar-refractivity contribution in [3.05, 3.63) is 96.4 Å². The Labute approximate surface area is 194 Å². The monoisotopic (exact) mass is 446 g/mol. The molecule has 6 nitrogen and oxygen atoms in total. The van der Waals surface area contributed by atoms with Gasteiger partial charge in [-0.1, -0.05) is 48.5 Å². The molecular weight excluding hydrogens is 420 g/mol. The molecule has 0 aliphatic rings. The van der Waals surface area contributed by atoms with Gasteiger partial charge in [0.15, 0.2) is 0 Å². The van der Waals surface area contributed by atoms with Crippen molar-refractivity contribution in [2.45, 2.75) is 19.0 Å². The first kappa shape index (κ1) is 23.3. The Balaban J connectivity index is 0.00000289. The number of anilines is 1. The van der Waals surface area contributed by atoms with E-state index in [-0.39, 0.29) is 18.4 Å². The minimum Gasteiger partial charge on any atom is -0.353 e. The standard InChI is InChI=1S/C25H26N6.ClH/c26-15-19-7-4-8-21(13-19)23-17-30-25(31-24(23)20-9-11-28-12-10-20)29-16-22(27)14-18-5-2-1-3-6-18;/h1-13,17,22H,14-16,26-27H2,(H,29,30,31);1H/t22-;/m0./s1. The van der Waals surface area contributed by atoms with Gasteiger partial charge in [0, 0.05) is 48.8 Å². The Bertz CT molecular complexity index is 1120. The Morgan fingerprint density at radius 3 is 2.38 bits per heavy atom. The molecule has 2 aromatic heterocycles. The van der Waals surface area contributed by atoms with Crippen molar-refractivity contribution < 1.29 is 0 Å². The van der Waals surface area contributed by atoms with Crippen LogP contribution in [-0.4, -0.2) is 27.5 Å². The van der Waals surface area contributed by atoms with Crippen molar-refractivity contribution in [2.75, 3.05) is 11.9 Å². The second-order valence-electron chi connectivity index (χ2n) is 7.43. The summed E-state index contributed by atoms with van der Waals surface area (Å²) in [5.41, 5.74) is 18.2. The average Bonchev–Trinajstić information content (AvgIpc) is 2.84. The predicted octanol–water partition coefficient (Wildman–Crippen LogP) is 4.07. The number of nitrogens with zero attached hydrogens (tertiary/aromatic N) is 3. The van der Waals surface area contributed by atoms with Gasteiger partial charge in [-0.05, 0) is 41.3 Å². The van der Waals surface area contributed by atoms with Gasteiger partial charge < -0.3 is 16.8 Å². The Hall–Kier alpha value is -3.32.